The van der Waals surface area contributed by atoms with Gasteiger partial charge in [-0.2, -0.15) is 0 Å². The largest absolute Gasteiger partial charge is 0.338 e. The minimum absolute atomic E-state index is 0.0453. The Labute approximate surface area is 88.9 Å². The summed E-state index contributed by atoms with van der Waals surface area (Å²) in [5.41, 5.74) is 0.585. The van der Waals surface area contributed by atoms with E-state index in [-0.39, 0.29) is 5.91 Å². The number of H-pyrrole nitrogens is 1. The Morgan fingerprint density at radius 3 is 3.07 bits per heavy atom. The number of carbonyl (C=O) groups excluding carboxylic acids is 1. The summed E-state index contributed by atoms with van der Waals surface area (Å²) in [6.45, 7) is 6.31. The van der Waals surface area contributed by atoms with Gasteiger partial charge in [0.2, 0.25) is 0 Å². The van der Waals surface area contributed by atoms with Crippen molar-refractivity contribution < 1.29 is 4.79 Å². The molecule has 0 unspecified atom stereocenters. The number of amides is 1. The van der Waals surface area contributed by atoms with Gasteiger partial charge in [-0.15, -0.1) is 0 Å². The molecule has 5 heteroatoms. The van der Waals surface area contributed by atoms with Crippen LogP contribution in [0, 0.1) is 6.92 Å². The van der Waals surface area contributed by atoms with Crippen LogP contribution in [0.25, 0.3) is 0 Å². The first-order chi connectivity index (χ1) is 7.16. The Hall–Kier alpha value is -1.36. The summed E-state index contributed by atoms with van der Waals surface area (Å²) in [6.07, 6.45) is 1.60. The van der Waals surface area contributed by atoms with E-state index in [0.717, 1.165) is 25.5 Å². The number of piperazine rings is 1. The average Bonchev–Trinajstić information content (AvgIpc) is 2.64. The van der Waals surface area contributed by atoms with E-state index in [0.29, 0.717) is 11.7 Å². The summed E-state index contributed by atoms with van der Waals surface area (Å²) in [4.78, 5) is 20.8. The maximum Gasteiger partial charge on any atom is 0.272 e. The summed E-state index contributed by atoms with van der Waals surface area (Å²) in [5.74, 6) is 0.825. The zero-order valence-corrected chi connectivity index (χ0v) is 9.08. The van der Waals surface area contributed by atoms with Crippen LogP contribution < -0.4 is 5.32 Å². The zero-order valence-electron chi connectivity index (χ0n) is 9.08. The highest BCUT2D eigenvalue weighted by molar-refractivity contribution is 5.92. The number of carbonyl (C=O) groups is 1. The van der Waals surface area contributed by atoms with Gasteiger partial charge in [-0.3, -0.25) is 4.79 Å². The van der Waals surface area contributed by atoms with Crippen molar-refractivity contribution in [3.63, 3.8) is 0 Å². The van der Waals surface area contributed by atoms with E-state index in [2.05, 4.69) is 22.2 Å². The van der Waals surface area contributed by atoms with E-state index in [1.807, 2.05) is 11.8 Å². The first-order valence-electron chi connectivity index (χ1n) is 5.21. The van der Waals surface area contributed by atoms with Gasteiger partial charge in [0.1, 0.15) is 11.5 Å². The lowest BCUT2D eigenvalue weighted by molar-refractivity contribution is 0.0703. The maximum atomic E-state index is 12.0. The van der Waals surface area contributed by atoms with Crippen LogP contribution in [0.4, 0.5) is 0 Å². The topological polar surface area (TPSA) is 61.0 Å². The minimum atomic E-state index is 0.0453. The Kier molecular flexibility index (Phi) is 2.73. The summed E-state index contributed by atoms with van der Waals surface area (Å²) in [7, 11) is 0. The van der Waals surface area contributed by atoms with Crippen LogP contribution in [-0.4, -0.2) is 46.5 Å². The van der Waals surface area contributed by atoms with E-state index < -0.39 is 0 Å². The van der Waals surface area contributed by atoms with Crippen molar-refractivity contribution in [2.24, 2.45) is 0 Å². The molecule has 1 aliphatic heterocycles. The van der Waals surface area contributed by atoms with Gasteiger partial charge < -0.3 is 15.2 Å². The second kappa shape index (κ2) is 4.02. The molecule has 1 saturated heterocycles. The van der Waals surface area contributed by atoms with Crippen LogP contribution >= 0.6 is 0 Å². The molecule has 0 aliphatic carbocycles. The fourth-order valence-corrected chi connectivity index (χ4v) is 1.82. The second-order valence-electron chi connectivity index (χ2n) is 3.99. The zero-order chi connectivity index (χ0) is 10.8. The molecule has 2 heterocycles. The number of nitrogens with one attached hydrogen (secondary N) is 2. The number of aromatic nitrogens is 2. The molecule has 1 atom stereocenters. The molecular formula is C10H16N4O. The molecule has 15 heavy (non-hydrogen) atoms. The molecular weight excluding hydrogens is 192 g/mol. The van der Waals surface area contributed by atoms with Crippen LogP contribution in [-0.2, 0) is 0 Å². The lowest BCUT2D eigenvalue weighted by atomic mass is 10.2. The highest BCUT2D eigenvalue weighted by Gasteiger charge is 2.22. The quantitative estimate of drug-likeness (QED) is 0.690. The second-order valence-corrected chi connectivity index (χ2v) is 3.99. The molecule has 2 rings (SSSR count). The van der Waals surface area contributed by atoms with Crippen molar-refractivity contribution >= 4 is 5.91 Å². The fraction of sp³-hybridized carbons (Fsp3) is 0.600. The van der Waals surface area contributed by atoms with Gasteiger partial charge in [0.05, 0.1) is 6.20 Å². The molecule has 1 aromatic rings. The van der Waals surface area contributed by atoms with Gasteiger partial charge in [0, 0.05) is 25.7 Å². The van der Waals surface area contributed by atoms with Crippen molar-refractivity contribution in [1.82, 2.24) is 20.2 Å². The number of hydrogen-bond acceptors (Lipinski definition) is 3. The third-order valence-corrected chi connectivity index (χ3v) is 2.59. The Morgan fingerprint density at radius 2 is 2.47 bits per heavy atom. The van der Waals surface area contributed by atoms with Gasteiger partial charge in [-0.25, -0.2) is 4.98 Å². The predicted molar refractivity (Wildman–Crippen MR) is 56.7 cm³/mol. The number of aryl methyl sites for hydroxylation is 1. The van der Waals surface area contributed by atoms with E-state index in [4.69, 9.17) is 0 Å². The van der Waals surface area contributed by atoms with Crippen LogP contribution in [0.5, 0.6) is 0 Å². The van der Waals surface area contributed by atoms with Crippen molar-refractivity contribution in [2.45, 2.75) is 19.9 Å². The van der Waals surface area contributed by atoms with E-state index in [9.17, 15) is 4.79 Å². The highest BCUT2D eigenvalue weighted by Crippen LogP contribution is 2.05. The maximum absolute atomic E-state index is 12.0. The van der Waals surface area contributed by atoms with Crippen LogP contribution in [0.1, 0.15) is 23.2 Å². The third-order valence-electron chi connectivity index (χ3n) is 2.59. The standard InChI is InChI=1S/C10H16N4O/c1-7-6-14(4-3-11-7)10(15)9-5-12-8(2)13-9/h5,7,11H,3-4,6H2,1-2H3,(H,12,13)/t7-/m1/s1. The van der Waals surface area contributed by atoms with Gasteiger partial charge in [-0.1, -0.05) is 0 Å². The van der Waals surface area contributed by atoms with Crippen molar-refractivity contribution in [3.05, 3.63) is 17.7 Å². The van der Waals surface area contributed by atoms with Crippen molar-refractivity contribution in [1.29, 1.82) is 0 Å². The molecule has 0 aromatic carbocycles. The first-order valence-corrected chi connectivity index (χ1v) is 5.21. The lowest BCUT2D eigenvalue weighted by Gasteiger charge is -2.31. The monoisotopic (exact) mass is 208 g/mol. The third kappa shape index (κ3) is 2.18. The van der Waals surface area contributed by atoms with Crippen LogP contribution in [0.15, 0.2) is 6.20 Å². The van der Waals surface area contributed by atoms with Crippen LogP contribution in [0.3, 0.4) is 0 Å². The summed E-state index contributed by atoms with van der Waals surface area (Å²) in [6, 6.07) is 0.367. The normalized spacial score (nSPS) is 21.7. The molecule has 82 valence electrons. The smallest absolute Gasteiger partial charge is 0.272 e. The molecule has 0 bridgehead atoms. The number of imidazole rings is 1. The van der Waals surface area contributed by atoms with Crippen molar-refractivity contribution in [3.8, 4) is 0 Å². The Morgan fingerprint density at radius 1 is 1.67 bits per heavy atom. The van der Waals surface area contributed by atoms with Gasteiger partial charge in [0.15, 0.2) is 0 Å². The number of hydrogen-bond donors (Lipinski definition) is 2. The van der Waals surface area contributed by atoms with E-state index in [1.54, 1.807) is 6.20 Å². The van der Waals surface area contributed by atoms with E-state index in [1.165, 1.54) is 0 Å². The summed E-state index contributed by atoms with van der Waals surface area (Å²) in [5, 5.41) is 3.30. The minimum Gasteiger partial charge on any atom is -0.338 e. The number of nitrogens with zero attached hydrogens (tertiary/aromatic N) is 2. The van der Waals surface area contributed by atoms with Gasteiger partial charge >= 0.3 is 0 Å². The summed E-state index contributed by atoms with van der Waals surface area (Å²) >= 11 is 0. The summed E-state index contributed by atoms with van der Waals surface area (Å²) < 4.78 is 0. The Bertz CT molecular complexity index is 360. The van der Waals surface area contributed by atoms with E-state index >= 15 is 0 Å². The molecule has 0 radical (unpaired) electrons. The SMILES string of the molecule is Cc1ncc(C(=O)N2CCN[C@H](C)C2)[nH]1. The highest BCUT2D eigenvalue weighted by atomic mass is 16.2. The van der Waals surface area contributed by atoms with Gasteiger partial charge in [-0.05, 0) is 13.8 Å². The number of aromatic amines is 1. The molecule has 0 spiro atoms. The average molecular weight is 208 g/mol. The first kappa shape index (κ1) is 10.2. The molecule has 2 N–H and O–H groups in total. The van der Waals surface area contributed by atoms with Crippen LogP contribution in [0.2, 0.25) is 0 Å². The molecule has 1 amide bonds. The molecule has 5 nitrogen and oxygen atoms in total. The van der Waals surface area contributed by atoms with Gasteiger partial charge in [0.25, 0.3) is 5.91 Å². The Balaban J connectivity index is 2.07. The molecule has 0 saturated carbocycles. The predicted octanol–water partition coefficient (Wildman–Crippen LogP) is 0.152. The molecule has 1 aliphatic rings. The fourth-order valence-electron chi connectivity index (χ4n) is 1.82. The molecule has 1 fully saturated rings. The molecule has 1 aromatic heterocycles. The lowest BCUT2D eigenvalue weighted by Crippen LogP contribution is -2.51. The van der Waals surface area contributed by atoms with Crippen molar-refractivity contribution in [2.75, 3.05) is 19.6 Å². The number of rotatable bonds is 1.